The summed E-state index contributed by atoms with van der Waals surface area (Å²) in [6, 6.07) is 15.3. The second-order valence-corrected chi connectivity index (χ2v) is 7.31. The van der Waals surface area contributed by atoms with Gasteiger partial charge in [-0.2, -0.15) is 0 Å². The molecule has 5 heteroatoms. The van der Waals surface area contributed by atoms with Crippen LogP contribution < -0.4 is 9.47 Å². The summed E-state index contributed by atoms with van der Waals surface area (Å²) >= 11 is 0. The van der Waals surface area contributed by atoms with Crippen molar-refractivity contribution < 1.29 is 13.9 Å². The van der Waals surface area contributed by atoms with Crippen LogP contribution in [0.5, 0.6) is 11.5 Å². The summed E-state index contributed by atoms with van der Waals surface area (Å²) in [4.78, 5) is 6.91. The molecule has 0 spiro atoms. The highest BCUT2D eigenvalue weighted by Crippen LogP contribution is 2.35. The van der Waals surface area contributed by atoms with E-state index in [4.69, 9.17) is 9.47 Å². The summed E-state index contributed by atoms with van der Waals surface area (Å²) in [6.07, 6.45) is 1.91. The van der Waals surface area contributed by atoms with Gasteiger partial charge in [0.25, 0.3) is 0 Å². The van der Waals surface area contributed by atoms with Crippen LogP contribution in [0.3, 0.4) is 0 Å². The monoisotopic (exact) mass is 380 g/mol. The summed E-state index contributed by atoms with van der Waals surface area (Å²) in [5.74, 6) is 0.780. The molecule has 4 rings (SSSR count). The van der Waals surface area contributed by atoms with Gasteiger partial charge in [-0.05, 0) is 37.5 Å². The maximum Gasteiger partial charge on any atom is 0.145 e. The molecule has 0 amide bonds. The molecule has 0 aliphatic carbocycles. The minimum Gasteiger partial charge on any atom is -0.494 e. The number of piperidine rings is 1. The minimum atomic E-state index is -0.334. The summed E-state index contributed by atoms with van der Waals surface area (Å²) in [7, 11) is 1.57. The Morgan fingerprint density at radius 2 is 1.82 bits per heavy atom. The van der Waals surface area contributed by atoms with Crippen LogP contribution in [0, 0.1) is 12.7 Å². The van der Waals surface area contributed by atoms with Gasteiger partial charge in [0, 0.05) is 31.4 Å². The van der Waals surface area contributed by atoms with E-state index in [0.717, 1.165) is 38.2 Å². The zero-order chi connectivity index (χ0) is 19.5. The van der Waals surface area contributed by atoms with Crippen molar-refractivity contribution in [1.82, 2.24) is 9.88 Å². The van der Waals surface area contributed by atoms with E-state index in [1.165, 1.54) is 11.6 Å². The maximum absolute atomic E-state index is 14.6. The van der Waals surface area contributed by atoms with Gasteiger partial charge in [0.15, 0.2) is 0 Å². The molecule has 1 fully saturated rings. The Labute approximate surface area is 164 Å². The van der Waals surface area contributed by atoms with Crippen LogP contribution >= 0.6 is 0 Å². The molecule has 1 aliphatic heterocycles. The second kappa shape index (κ2) is 8.15. The summed E-state index contributed by atoms with van der Waals surface area (Å²) in [5.41, 5.74) is 2.62. The molecule has 0 N–H and O–H groups in total. The first kappa shape index (κ1) is 18.7. The smallest absolute Gasteiger partial charge is 0.145 e. The van der Waals surface area contributed by atoms with Crippen LogP contribution in [0.15, 0.2) is 48.5 Å². The molecule has 0 unspecified atom stereocenters. The lowest BCUT2D eigenvalue weighted by Gasteiger charge is -2.32. The number of aromatic nitrogens is 1. The molecule has 1 aliphatic rings. The Morgan fingerprint density at radius 1 is 1.07 bits per heavy atom. The van der Waals surface area contributed by atoms with Gasteiger partial charge in [-0.15, -0.1) is 0 Å². The zero-order valence-corrected chi connectivity index (χ0v) is 16.3. The van der Waals surface area contributed by atoms with Gasteiger partial charge in [0.05, 0.1) is 12.5 Å². The number of pyridine rings is 1. The third-order valence-corrected chi connectivity index (χ3v) is 5.26. The molecule has 146 valence electrons. The van der Waals surface area contributed by atoms with Crippen molar-refractivity contribution in [2.75, 3.05) is 20.2 Å². The van der Waals surface area contributed by atoms with Crippen molar-refractivity contribution in [2.45, 2.75) is 32.4 Å². The molecule has 3 aromatic rings. The highest BCUT2D eigenvalue weighted by atomic mass is 19.1. The molecule has 28 heavy (non-hydrogen) atoms. The fourth-order valence-corrected chi connectivity index (χ4v) is 3.83. The summed E-state index contributed by atoms with van der Waals surface area (Å²) in [5, 5.41) is 0.400. The number of rotatable bonds is 5. The number of fused-ring (bicyclic) bond motifs is 1. The van der Waals surface area contributed by atoms with E-state index in [9.17, 15) is 4.39 Å². The molecule has 2 aromatic carbocycles. The molecule has 2 heterocycles. The van der Waals surface area contributed by atoms with E-state index in [1.807, 2.05) is 19.1 Å². The lowest BCUT2D eigenvalue weighted by Crippen LogP contribution is -2.37. The fraction of sp³-hybridized carbons (Fsp3) is 0.348. The maximum atomic E-state index is 14.6. The van der Waals surface area contributed by atoms with Gasteiger partial charge in [0.1, 0.15) is 28.9 Å². The third kappa shape index (κ3) is 3.94. The summed E-state index contributed by atoms with van der Waals surface area (Å²) in [6.45, 7) is 4.77. The molecular weight excluding hydrogens is 355 g/mol. The topological polar surface area (TPSA) is 34.6 Å². The number of likely N-dealkylation sites (tertiary alicyclic amines) is 1. The lowest BCUT2D eigenvalue weighted by molar-refractivity contribution is 0.0977. The Balaban J connectivity index is 1.49. The molecule has 1 aromatic heterocycles. The Bertz CT molecular complexity index is 954. The number of benzene rings is 2. The van der Waals surface area contributed by atoms with Crippen LogP contribution in [0.25, 0.3) is 10.9 Å². The highest BCUT2D eigenvalue weighted by molar-refractivity contribution is 5.90. The van der Waals surface area contributed by atoms with Crippen LogP contribution in [0.1, 0.15) is 24.1 Å². The molecule has 0 radical (unpaired) electrons. The van der Waals surface area contributed by atoms with Gasteiger partial charge in [-0.25, -0.2) is 9.37 Å². The predicted molar refractivity (Wildman–Crippen MR) is 108 cm³/mol. The van der Waals surface area contributed by atoms with Crippen molar-refractivity contribution in [3.05, 3.63) is 65.6 Å². The summed E-state index contributed by atoms with van der Waals surface area (Å²) < 4.78 is 26.2. The van der Waals surface area contributed by atoms with Crippen molar-refractivity contribution in [3.8, 4) is 11.5 Å². The second-order valence-electron chi connectivity index (χ2n) is 7.31. The van der Waals surface area contributed by atoms with E-state index >= 15 is 0 Å². The largest absolute Gasteiger partial charge is 0.494 e. The Morgan fingerprint density at radius 3 is 2.54 bits per heavy atom. The SMILES string of the molecule is COc1ccc(F)c2c(OC3CCN(Cc4ccccc4)CC3)cc(C)nc12. The first-order valence-corrected chi connectivity index (χ1v) is 9.71. The first-order chi connectivity index (χ1) is 13.6. The number of halogens is 1. The third-order valence-electron chi connectivity index (χ3n) is 5.26. The van der Waals surface area contributed by atoms with Crippen molar-refractivity contribution in [1.29, 1.82) is 0 Å². The minimum absolute atomic E-state index is 0.0719. The van der Waals surface area contributed by atoms with E-state index in [-0.39, 0.29) is 11.9 Å². The number of hydrogen-bond donors (Lipinski definition) is 0. The average Bonchev–Trinajstić information content (AvgIpc) is 2.70. The van der Waals surface area contributed by atoms with Gasteiger partial charge in [-0.1, -0.05) is 30.3 Å². The van der Waals surface area contributed by atoms with E-state index in [0.29, 0.717) is 22.4 Å². The Hall–Kier alpha value is -2.66. The number of aryl methyl sites for hydroxylation is 1. The van der Waals surface area contributed by atoms with E-state index in [1.54, 1.807) is 13.2 Å². The quantitative estimate of drug-likeness (QED) is 0.641. The van der Waals surface area contributed by atoms with Gasteiger partial charge >= 0.3 is 0 Å². The van der Waals surface area contributed by atoms with Crippen molar-refractivity contribution in [2.24, 2.45) is 0 Å². The van der Waals surface area contributed by atoms with Crippen LogP contribution in [-0.4, -0.2) is 36.2 Å². The van der Waals surface area contributed by atoms with Crippen LogP contribution in [0.4, 0.5) is 4.39 Å². The molecule has 0 saturated carbocycles. The molecular formula is C23H25FN2O2. The van der Waals surface area contributed by atoms with Crippen LogP contribution in [0.2, 0.25) is 0 Å². The highest BCUT2D eigenvalue weighted by Gasteiger charge is 2.23. The van der Waals surface area contributed by atoms with Crippen molar-refractivity contribution in [3.63, 3.8) is 0 Å². The lowest BCUT2D eigenvalue weighted by atomic mass is 10.1. The number of methoxy groups -OCH3 is 1. The van der Waals surface area contributed by atoms with Crippen LogP contribution in [-0.2, 0) is 6.54 Å². The first-order valence-electron chi connectivity index (χ1n) is 9.71. The van der Waals surface area contributed by atoms with E-state index in [2.05, 4.69) is 34.1 Å². The molecule has 4 nitrogen and oxygen atoms in total. The van der Waals surface area contributed by atoms with Gasteiger partial charge in [0.2, 0.25) is 0 Å². The average molecular weight is 380 g/mol. The van der Waals surface area contributed by atoms with E-state index < -0.39 is 0 Å². The predicted octanol–water partition coefficient (Wildman–Crippen LogP) is 4.73. The van der Waals surface area contributed by atoms with Gasteiger partial charge < -0.3 is 9.47 Å². The normalized spacial score (nSPS) is 15.7. The van der Waals surface area contributed by atoms with Crippen molar-refractivity contribution >= 4 is 10.9 Å². The fourth-order valence-electron chi connectivity index (χ4n) is 3.83. The standard InChI is InChI=1S/C23H25FN2O2/c1-16-14-21(22-19(24)8-9-20(27-2)23(22)25-16)28-18-10-12-26(13-11-18)15-17-6-4-3-5-7-17/h3-9,14,18H,10-13,15H2,1-2H3. The van der Waals surface area contributed by atoms with Gasteiger partial charge in [-0.3, -0.25) is 4.90 Å². The molecule has 0 bridgehead atoms. The number of hydrogen-bond acceptors (Lipinski definition) is 4. The number of nitrogens with zero attached hydrogens (tertiary/aromatic N) is 2. The zero-order valence-electron chi connectivity index (χ0n) is 16.3. The molecule has 1 saturated heterocycles. The Kier molecular flexibility index (Phi) is 5.44. The number of ether oxygens (including phenoxy) is 2. The molecule has 0 atom stereocenters.